The first-order valence-corrected chi connectivity index (χ1v) is 9.68. The maximum atomic E-state index is 12.0. The first kappa shape index (κ1) is 17.8. The number of fused-ring (bicyclic) bond motifs is 5. The largest absolute Gasteiger partial charge is 0.511 e. The predicted molar refractivity (Wildman–Crippen MR) is 95.3 cm³/mol. The molecule has 142 valence electrons. The van der Waals surface area contributed by atoms with Gasteiger partial charge in [-0.25, -0.2) is 4.79 Å². The zero-order valence-corrected chi connectivity index (χ0v) is 15.7. The van der Waals surface area contributed by atoms with Crippen LogP contribution in [0.1, 0.15) is 52.9 Å². The van der Waals surface area contributed by atoms with Gasteiger partial charge in [-0.3, -0.25) is 4.79 Å². The topological polar surface area (TPSA) is 94.8 Å². The Hall–Kier alpha value is -1.62. The van der Waals surface area contributed by atoms with Gasteiger partial charge in [0.25, 0.3) is 0 Å². The van der Waals surface area contributed by atoms with Gasteiger partial charge in [-0.1, -0.05) is 13.8 Å². The van der Waals surface area contributed by atoms with Crippen molar-refractivity contribution in [3.05, 3.63) is 23.5 Å². The van der Waals surface area contributed by atoms with Crippen LogP contribution in [0, 0.1) is 34.5 Å². The zero-order valence-electron chi connectivity index (χ0n) is 15.7. The van der Waals surface area contributed by atoms with Gasteiger partial charge in [0.2, 0.25) is 0 Å². The number of allylic oxidation sites excluding steroid dienone is 3. The number of ketones is 1. The normalized spacial score (nSPS) is 50.2. The highest BCUT2D eigenvalue weighted by Gasteiger charge is 2.67. The van der Waals surface area contributed by atoms with E-state index in [2.05, 4.69) is 6.92 Å². The van der Waals surface area contributed by atoms with E-state index in [9.17, 15) is 24.9 Å². The summed E-state index contributed by atoms with van der Waals surface area (Å²) in [6.07, 6.45) is 6.28. The molecule has 2 unspecified atom stereocenters. The minimum absolute atomic E-state index is 0.119. The van der Waals surface area contributed by atoms with E-state index in [1.165, 1.54) is 6.08 Å². The number of carboxylic acid groups (broad SMARTS) is 1. The summed E-state index contributed by atoms with van der Waals surface area (Å²) >= 11 is 0. The van der Waals surface area contributed by atoms with Crippen molar-refractivity contribution in [3.8, 4) is 0 Å². The average Bonchev–Trinajstić information content (AvgIpc) is 2.83. The molecule has 0 aromatic carbocycles. The number of aliphatic hydroxyl groups is 2. The summed E-state index contributed by atoms with van der Waals surface area (Å²) in [4.78, 5) is 23.8. The molecule has 0 saturated heterocycles. The zero-order chi connectivity index (χ0) is 19.1. The Morgan fingerprint density at radius 1 is 1.15 bits per heavy atom. The maximum absolute atomic E-state index is 12.0. The van der Waals surface area contributed by atoms with Crippen LogP contribution in [0.5, 0.6) is 0 Å². The number of carbonyl (C=O) groups excluding carboxylic acids is 1. The van der Waals surface area contributed by atoms with E-state index in [1.807, 2.05) is 13.8 Å². The van der Waals surface area contributed by atoms with Crippen molar-refractivity contribution in [2.24, 2.45) is 34.5 Å². The van der Waals surface area contributed by atoms with Crippen molar-refractivity contribution in [1.82, 2.24) is 0 Å². The first-order chi connectivity index (χ1) is 12.1. The van der Waals surface area contributed by atoms with Gasteiger partial charge in [0.05, 0.1) is 0 Å². The monoisotopic (exact) mass is 360 g/mol. The van der Waals surface area contributed by atoms with E-state index in [-0.39, 0.29) is 35.2 Å². The Labute approximate surface area is 153 Å². The second-order valence-corrected chi connectivity index (χ2v) is 9.41. The Morgan fingerprint density at radius 2 is 1.81 bits per heavy atom. The van der Waals surface area contributed by atoms with Crippen LogP contribution in [-0.4, -0.2) is 32.7 Å². The highest BCUT2D eigenvalue weighted by Crippen LogP contribution is 2.68. The minimum atomic E-state index is -1.66. The molecule has 26 heavy (non-hydrogen) atoms. The van der Waals surface area contributed by atoms with E-state index in [0.717, 1.165) is 18.4 Å². The van der Waals surface area contributed by atoms with E-state index < -0.39 is 22.4 Å². The van der Waals surface area contributed by atoms with Crippen molar-refractivity contribution in [1.29, 1.82) is 0 Å². The number of carbonyl (C=O) groups is 2. The Kier molecular flexibility index (Phi) is 3.57. The molecule has 0 spiro atoms. The summed E-state index contributed by atoms with van der Waals surface area (Å²) in [5, 5.41) is 31.4. The van der Waals surface area contributed by atoms with Crippen LogP contribution >= 0.6 is 0 Å². The Balaban J connectivity index is 1.78. The Bertz CT molecular complexity index is 752. The number of hydrogen-bond acceptors (Lipinski definition) is 4. The smallest absolute Gasteiger partial charge is 0.336 e. The lowest BCUT2D eigenvalue weighted by atomic mass is 9.45. The molecule has 3 fully saturated rings. The van der Waals surface area contributed by atoms with Gasteiger partial charge in [-0.15, -0.1) is 0 Å². The fourth-order valence-electron chi connectivity index (χ4n) is 7.07. The fraction of sp³-hybridized carbons (Fsp3) is 0.714. The lowest BCUT2D eigenvalue weighted by Crippen LogP contribution is -2.58. The molecule has 4 aliphatic carbocycles. The van der Waals surface area contributed by atoms with Crippen LogP contribution in [0.2, 0.25) is 0 Å². The van der Waals surface area contributed by atoms with Gasteiger partial charge in [0.1, 0.15) is 5.76 Å². The summed E-state index contributed by atoms with van der Waals surface area (Å²) in [5.74, 6) is -0.427. The number of rotatable bonds is 1. The van der Waals surface area contributed by atoms with Gasteiger partial charge in [-0.05, 0) is 74.3 Å². The van der Waals surface area contributed by atoms with Crippen LogP contribution in [0.25, 0.3) is 0 Å². The summed E-state index contributed by atoms with van der Waals surface area (Å²) in [7, 11) is 0. The van der Waals surface area contributed by atoms with Crippen LogP contribution in [0.4, 0.5) is 0 Å². The van der Waals surface area contributed by atoms with Crippen molar-refractivity contribution in [2.75, 3.05) is 0 Å². The van der Waals surface area contributed by atoms with Crippen LogP contribution in [0.3, 0.4) is 0 Å². The van der Waals surface area contributed by atoms with Crippen molar-refractivity contribution < 1.29 is 24.9 Å². The molecule has 4 rings (SSSR count). The van der Waals surface area contributed by atoms with Crippen LogP contribution in [0.15, 0.2) is 23.5 Å². The van der Waals surface area contributed by atoms with Gasteiger partial charge in [0.15, 0.2) is 11.4 Å². The molecule has 5 heteroatoms. The molecular weight excluding hydrogens is 332 g/mol. The number of carboxylic acids is 1. The molecule has 4 aliphatic rings. The third kappa shape index (κ3) is 1.90. The van der Waals surface area contributed by atoms with Gasteiger partial charge < -0.3 is 15.3 Å². The predicted octanol–water partition coefficient (Wildman–Crippen LogP) is 3.24. The number of aliphatic hydroxyl groups excluding tert-OH is 1. The summed E-state index contributed by atoms with van der Waals surface area (Å²) in [5.41, 5.74) is -1.84. The molecule has 0 aromatic rings. The van der Waals surface area contributed by atoms with Crippen molar-refractivity contribution in [3.63, 3.8) is 0 Å². The molecule has 3 N–H and O–H groups in total. The molecule has 7 atom stereocenters. The maximum Gasteiger partial charge on any atom is 0.336 e. The number of hydrogen-bond donors (Lipinski definition) is 3. The summed E-state index contributed by atoms with van der Waals surface area (Å²) < 4.78 is 0. The van der Waals surface area contributed by atoms with Crippen LogP contribution in [-0.2, 0) is 9.59 Å². The van der Waals surface area contributed by atoms with Crippen LogP contribution < -0.4 is 0 Å². The second-order valence-electron chi connectivity index (χ2n) is 9.41. The van der Waals surface area contributed by atoms with Crippen molar-refractivity contribution in [2.45, 2.75) is 58.5 Å². The standard InChI is InChI=1S/C21H28O5/c1-11-8-13-14-5-7-21(26,18(24)25)19(14,2)6-4-15(13)20(3)16(11)9-12(22)10-17(20)23/h9-11,13-15,23,26H,4-8H2,1-3H3,(H,24,25)/t11?,13-,14-,15-,19-,20+,21?/m0/s1. The molecule has 0 bridgehead atoms. The molecule has 5 nitrogen and oxygen atoms in total. The fourth-order valence-corrected chi connectivity index (χ4v) is 7.07. The van der Waals surface area contributed by atoms with E-state index >= 15 is 0 Å². The highest BCUT2D eigenvalue weighted by atomic mass is 16.4. The minimum Gasteiger partial charge on any atom is -0.511 e. The van der Waals surface area contributed by atoms with E-state index in [4.69, 9.17) is 0 Å². The SMILES string of the molecule is CC1C[C@@H]2[C@H](CC[C@@]3(C)[C@H]2CCC3(O)C(=O)O)[C@@]2(C)C(O)=CC(=O)C=C12. The third-order valence-corrected chi connectivity index (χ3v) is 8.55. The van der Waals surface area contributed by atoms with Gasteiger partial charge in [-0.2, -0.15) is 0 Å². The lowest BCUT2D eigenvalue weighted by molar-refractivity contribution is -0.181. The van der Waals surface area contributed by atoms with Gasteiger partial charge in [0, 0.05) is 16.9 Å². The average molecular weight is 360 g/mol. The van der Waals surface area contributed by atoms with Crippen molar-refractivity contribution >= 4 is 11.8 Å². The van der Waals surface area contributed by atoms with E-state index in [0.29, 0.717) is 19.3 Å². The Morgan fingerprint density at radius 3 is 2.46 bits per heavy atom. The van der Waals surface area contributed by atoms with Gasteiger partial charge >= 0.3 is 5.97 Å². The highest BCUT2D eigenvalue weighted by molar-refractivity contribution is 6.01. The number of aliphatic carboxylic acids is 1. The molecule has 3 saturated carbocycles. The quantitative estimate of drug-likeness (QED) is 0.667. The molecule has 0 amide bonds. The summed E-state index contributed by atoms with van der Waals surface area (Å²) in [6.45, 7) is 6.06. The second kappa shape index (κ2) is 5.22. The lowest BCUT2D eigenvalue weighted by Gasteiger charge is -2.59. The molecule has 0 aliphatic heterocycles. The molecular formula is C21H28O5. The summed E-state index contributed by atoms with van der Waals surface area (Å²) in [6, 6.07) is 0. The molecule has 0 radical (unpaired) electrons. The molecule has 0 heterocycles. The third-order valence-electron chi connectivity index (χ3n) is 8.55. The molecule has 0 aromatic heterocycles. The first-order valence-electron chi connectivity index (χ1n) is 9.68. The van der Waals surface area contributed by atoms with E-state index in [1.54, 1.807) is 6.08 Å².